The fraction of sp³-hybridized carbons (Fsp3) is 0.286. The molecule has 1 aliphatic rings. The number of carbonyl (C=O) groups is 2. The van der Waals surface area contributed by atoms with Gasteiger partial charge in [-0.15, -0.1) is 0 Å². The number of fused-ring (bicyclic) bond motifs is 1. The highest BCUT2D eigenvalue weighted by atomic mass is 16.2. The summed E-state index contributed by atoms with van der Waals surface area (Å²) in [6.45, 7) is 8.25. The number of aryl methyl sites for hydroxylation is 1. The van der Waals surface area contributed by atoms with Crippen molar-refractivity contribution in [2.24, 2.45) is 5.92 Å². The van der Waals surface area contributed by atoms with Gasteiger partial charge >= 0.3 is 6.03 Å². The second-order valence-corrected chi connectivity index (χ2v) is 9.17. The number of nitrogens with zero attached hydrogens (tertiary/aromatic N) is 1. The molecule has 1 heterocycles. The van der Waals surface area contributed by atoms with Crippen molar-refractivity contribution in [2.75, 3.05) is 28.6 Å². The van der Waals surface area contributed by atoms with Crippen LogP contribution in [0.25, 0.3) is 0 Å². The molecule has 3 aromatic rings. The van der Waals surface area contributed by atoms with Gasteiger partial charge in [0.25, 0.3) is 5.91 Å². The van der Waals surface area contributed by atoms with Crippen molar-refractivity contribution in [1.29, 1.82) is 0 Å². The molecule has 0 bridgehead atoms. The van der Waals surface area contributed by atoms with Crippen LogP contribution in [0.5, 0.6) is 0 Å². The van der Waals surface area contributed by atoms with Crippen LogP contribution in [0.4, 0.5) is 21.9 Å². The first-order chi connectivity index (χ1) is 16.4. The van der Waals surface area contributed by atoms with Crippen LogP contribution in [0.2, 0.25) is 0 Å². The summed E-state index contributed by atoms with van der Waals surface area (Å²) in [5.41, 5.74) is 6.37. The molecule has 0 atom stereocenters. The zero-order valence-corrected chi connectivity index (χ0v) is 20.0. The number of rotatable bonds is 6. The third-order valence-corrected chi connectivity index (χ3v) is 6.03. The van der Waals surface area contributed by atoms with Crippen molar-refractivity contribution in [3.63, 3.8) is 0 Å². The summed E-state index contributed by atoms with van der Waals surface area (Å²) in [6, 6.07) is 21.3. The van der Waals surface area contributed by atoms with Gasteiger partial charge in [-0.3, -0.25) is 4.79 Å². The van der Waals surface area contributed by atoms with Crippen molar-refractivity contribution in [2.45, 2.75) is 33.7 Å². The SMILES string of the molecule is Cc1ccccc1NC(=O)Nc1ccc(N2CCc3ccccc3C2)c(C(=O)NCC(C)C)c1. The van der Waals surface area contributed by atoms with E-state index >= 15 is 0 Å². The quantitative estimate of drug-likeness (QED) is 0.453. The maximum Gasteiger partial charge on any atom is 0.323 e. The lowest BCUT2D eigenvalue weighted by atomic mass is 9.98. The number of para-hydroxylation sites is 1. The molecule has 6 heteroatoms. The molecule has 0 unspecified atom stereocenters. The normalized spacial score (nSPS) is 12.8. The predicted molar refractivity (Wildman–Crippen MR) is 139 cm³/mol. The van der Waals surface area contributed by atoms with Gasteiger partial charge < -0.3 is 20.9 Å². The van der Waals surface area contributed by atoms with Crippen LogP contribution >= 0.6 is 0 Å². The summed E-state index contributed by atoms with van der Waals surface area (Å²) in [4.78, 5) is 28.0. The Balaban J connectivity index is 1.57. The molecule has 6 nitrogen and oxygen atoms in total. The minimum absolute atomic E-state index is 0.134. The molecule has 0 aromatic heterocycles. The molecule has 0 fully saturated rings. The lowest BCUT2D eigenvalue weighted by Crippen LogP contribution is -2.34. The number of benzene rings is 3. The Kier molecular flexibility index (Phi) is 7.16. The van der Waals surface area contributed by atoms with Crippen LogP contribution < -0.4 is 20.9 Å². The minimum atomic E-state index is -0.345. The number of anilines is 3. The smallest absolute Gasteiger partial charge is 0.323 e. The summed E-state index contributed by atoms with van der Waals surface area (Å²) in [6.07, 6.45) is 0.933. The topological polar surface area (TPSA) is 73.5 Å². The summed E-state index contributed by atoms with van der Waals surface area (Å²) in [5, 5.41) is 8.78. The van der Waals surface area contributed by atoms with Crippen LogP contribution in [0.15, 0.2) is 66.7 Å². The Bertz CT molecular complexity index is 1190. The largest absolute Gasteiger partial charge is 0.366 e. The fourth-order valence-electron chi connectivity index (χ4n) is 4.16. The molecule has 0 radical (unpaired) electrons. The Hall–Kier alpha value is -3.80. The molecular formula is C28H32N4O2. The first-order valence-electron chi connectivity index (χ1n) is 11.8. The van der Waals surface area contributed by atoms with E-state index in [-0.39, 0.29) is 11.9 Å². The minimum Gasteiger partial charge on any atom is -0.366 e. The van der Waals surface area contributed by atoms with Crippen molar-refractivity contribution in [3.05, 3.63) is 89.0 Å². The first kappa shape index (κ1) is 23.4. The molecule has 4 rings (SSSR count). The number of urea groups is 1. The molecule has 3 aromatic carbocycles. The van der Waals surface area contributed by atoms with Gasteiger partial charge in [0.05, 0.1) is 5.56 Å². The highest BCUT2D eigenvalue weighted by Crippen LogP contribution is 2.30. The summed E-state index contributed by atoms with van der Waals surface area (Å²) in [7, 11) is 0. The fourth-order valence-corrected chi connectivity index (χ4v) is 4.16. The van der Waals surface area contributed by atoms with Crippen LogP contribution in [-0.2, 0) is 13.0 Å². The molecule has 34 heavy (non-hydrogen) atoms. The van der Waals surface area contributed by atoms with Crippen LogP contribution in [0, 0.1) is 12.8 Å². The van der Waals surface area contributed by atoms with E-state index in [1.165, 1.54) is 11.1 Å². The van der Waals surface area contributed by atoms with Gasteiger partial charge in [0.1, 0.15) is 0 Å². The number of nitrogens with one attached hydrogen (secondary N) is 3. The van der Waals surface area contributed by atoms with Gasteiger partial charge in [0.2, 0.25) is 0 Å². The monoisotopic (exact) mass is 456 g/mol. The highest BCUT2D eigenvalue weighted by molar-refractivity contribution is 6.04. The molecular weight excluding hydrogens is 424 g/mol. The summed E-state index contributed by atoms with van der Waals surface area (Å²) >= 11 is 0. The third kappa shape index (κ3) is 5.57. The maximum atomic E-state index is 13.2. The number of carbonyl (C=O) groups excluding carboxylic acids is 2. The van der Waals surface area contributed by atoms with E-state index in [0.717, 1.165) is 36.4 Å². The lowest BCUT2D eigenvalue weighted by Gasteiger charge is -2.32. The van der Waals surface area contributed by atoms with E-state index < -0.39 is 0 Å². The Morgan fingerprint density at radius 1 is 0.941 bits per heavy atom. The first-order valence-corrected chi connectivity index (χ1v) is 11.8. The van der Waals surface area contributed by atoms with E-state index in [9.17, 15) is 9.59 Å². The van der Waals surface area contributed by atoms with E-state index in [4.69, 9.17) is 0 Å². The molecule has 1 aliphatic heterocycles. The Morgan fingerprint density at radius 3 is 2.44 bits per heavy atom. The number of amides is 3. The predicted octanol–water partition coefficient (Wildman–Crippen LogP) is 5.59. The Morgan fingerprint density at radius 2 is 1.68 bits per heavy atom. The second-order valence-electron chi connectivity index (χ2n) is 9.17. The second kappa shape index (κ2) is 10.4. The van der Waals surface area contributed by atoms with Crippen LogP contribution in [-0.4, -0.2) is 25.0 Å². The maximum absolute atomic E-state index is 13.2. The van der Waals surface area contributed by atoms with E-state index in [0.29, 0.717) is 23.7 Å². The van der Waals surface area contributed by atoms with Gasteiger partial charge in [-0.1, -0.05) is 56.3 Å². The molecule has 0 spiro atoms. The molecule has 0 saturated carbocycles. The van der Waals surface area contributed by atoms with Gasteiger partial charge in [0.15, 0.2) is 0 Å². The van der Waals surface area contributed by atoms with Gasteiger partial charge in [-0.05, 0) is 60.2 Å². The summed E-state index contributed by atoms with van der Waals surface area (Å²) < 4.78 is 0. The molecule has 3 amide bonds. The highest BCUT2D eigenvalue weighted by Gasteiger charge is 2.22. The third-order valence-electron chi connectivity index (χ3n) is 6.03. The molecule has 3 N–H and O–H groups in total. The molecule has 0 saturated heterocycles. The number of hydrogen-bond donors (Lipinski definition) is 3. The molecule has 0 aliphatic carbocycles. The van der Waals surface area contributed by atoms with Gasteiger partial charge in [-0.25, -0.2) is 4.79 Å². The average molecular weight is 457 g/mol. The lowest BCUT2D eigenvalue weighted by molar-refractivity contribution is 0.0949. The Labute approximate surface area is 201 Å². The van der Waals surface area contributed by atoms with Crippen LogP contribution in [0.3, 0.4) is 0 Å². The zero-order chi connectivity index (χ0) is 24.1. The van der Waals surface area contributed by atoms with Crippen molar-refractivity contribution in [3.8, 4) is 0 Å². The van der Waals surface area contributed by atoms with Gasteiger partial charge in [0, 0.05) is 36.7 Å². The van der Waals surface area contributed by atoms with Gasteiger partial charge in [-0.2, -0.15) is 0 Å². The van der Waals surface area contributed by atoms with E-state index in [2.05, 4.69) is 59.0 Å². The van der Waals surface area contributed by atoms with Crippen molar-refractivity contribution < 1.29 is 9.59 Å². The zero-order valence-electron chi connectivity index (χ0n) is 20.0. The van der Waals surface area contributed by atoms with Crippen molar-refractivity contribution in [1.82, 2.24) is 5.32 Å². The number of hydrogen-bond acceptors (Lipinski definition) is 3. The van der Waals surface area contributed by atoms with Crippen molar-refractivity contribution >= 4 is 29.0 Å². The standard InChI is InChI=1S/C28H32N4O2/c1-19(2)17-29-27(33)24-16-23(30-28(34)31-25-11-7-4-8-20(25)3)12-13-26(24)32-15-14-21-9-5-6-10-22(21)18-32/h4-13,16,19H,14-15,17-18H2,1-3H3,(H,29,33)(H2,30,31,34). The van der Waals surface area contributed by atoms with E-state index in [1.54, 1.807) is 6.07 Å². The van der Waals surface area contributed by atoms with E-state index in [1.807, 2.05) is 43.3 Å². The van der Waals surface area contributed by atoms with Crippen LogP contribution in [0.1, 0.15) is 40.9 Å². The summed E-state index contributed by atoms with van der Waals surface area (Å²) in [5.74, 6) is 0.209. The average Bonchev–Trinajstić information content (AvgIpc) is 2.83. The molecule has 176 valence electrons.